The largest absolute Gasteiger partial charge is 0.493 e. The number of aromatic hydroxyl groups is 1. The third kappa shape index (κ3) is 2.91. The number of halogens is 1. The minimum Gasteiger partial charge on any atom is -0.493 e. The van der Waals surface area contributed by atoms with E-state index in [0.29, 0.717) is 35.1 Å². The normalized spacial score (nSPS) is 13.4. The monoisotopic (exact) mass is 408 g/mol. The lowest BCUT2D eigenvalue weighted by Crippen LogP contribution is -2.26. The van der Waals surface area contributed by atoms with Crippen LogP contribution in [0.2, 0.25) is 5.02 Å². The molecule has 0 unspecified atom stereocenters. The molecule has 1 amide bonds. The van der Waals surface area contributed by atoms with E-state index in [4.69, 9.17) is 11.6 Å². The van der Waals surface area contributed by atoms with Crippen molar-refractivity contribution in [3.05, 3.63) is 56.0 Å². The summed E-state index contributed by atoms with van der Waals surface area (Å²) in [6.45, 7) is 0.554. The van der Waals surface area contributed by atoms with Gasteiger partial charge in [-0.1, -0.05) is 11.6 Å². The number of nitrogens with one attached hydrogen (secondary N) is 1. The minimum atomic E-state index is -0.341. The summed E-state index contributed by atoms with van der Waals surface area (Å²) >= 11 is 9.32. The number of hydrogen-bond acceptors (Lipinski definition) is 6. The third-order valence-corrected chi connectivity index (χ3v) is 5.87. The third-order valence-electron chi connectivity index (χ3n) is 4.03. The average Bonchev–Trinajstić information content (AvgIpc) is 3.25. The van der Waals surface area contributed by atoms with Crippen molar-refractivity contribution in [2.45, 2.75) is 12.3 Å². The lowest BCUT2D eigenvalue weighted by molar-refractivity contribution is 0.102. The van der Waals surface area contributed by atoms with Gasteiger partial charge in [0, 0.05) is 29.1 Å². The van der Waals surface area contributed by atoms with Gasteiger partial charge in [-0.15, -0.1) is 11.3 Å². The molecule has 1 aliphatic rings. The molecule has 0 atom stereocenters. The number of imidazole rings is 1. The van der Waals surface area contributed by atoms with Crippen LogP contribution < -0.4 is 11.0 Å². The maximum atomic E-state index is 12.6. The Balaban J connectivity index is 1.68. The number of thiazole rings is 1. The second kappa shape index (κ2) is 6.82. The number of amides is 1. The average molecular weight is 409 g/mol. The highest BCUT2D eigenvalue weighted by Crippen LogP contribution is 2.31. The molecule has 1 aromatic carbocycles. The molecule has 0 spiro atoms. The zero-order valence-corrected chi connectivity index (χ0v) is 15.7. The van der Waals surface area contributed by atoms with Crippen molar-refractivity contribution < 1.29 is 9.90 Å². The second-order valence-electron chi connectivity index (χ2n) is 5.59. The van der Waals surface area contributed by atoms with E-state index >= 15 is 0 Å². The SMILES string of the molecule is O=C(Nc1ccc(-n2c(O)c3n(c2=O)CCSC3)c(Cl)c1)c1cscn1. The first-order chi connectivity index (χ1) is 12.6. The number of fused-ring (bicyclic) bond motifs is 1. The van der Waals surface area contributed by atoms with Crippen molar-refractivity contribution in [3.63, 3.8) is 0 Å². The van der Waals surface area contributed by atoms with Gasteiger partial charge in [-0.25, -0.2) is 14.3 Å². The van der Waals surface area contributed by atoms with Crippen LogP contribution in [0, 0.1) is 0 Å². The molecule has 10 heteroatoms. The Labute approximate surface area is 161 Å². The lowest BCUT2D eigenvalue weighted by Gasteiger charge is -2.11. The van der Waals surface area contributed by atoms with E-state index in [0.717, 1.165) is 5.75 Å². The van der Waals surface area contributed by atoms with Gasteiger partial charge in [-0.3, -0.25) is 9.36 Å². The van der Waals surface area contributed by atoms with Crippen LogP contribution in [-0.2, 0) is 12.3 Å². The molecule has 0 aliphatic carbocycles. The van der Waals surface area contributed by atoms with Crippen LogP contribution in [0.3, 0.4) is 0 Å². The molecule has 0 radical (unpaired) electrons. The minimum absolute atomic E-state index is 0.0941. The smallest absolute Gasteiger partial charge is 0.336 e. The molecule has 0 saturated carbocycles. The van der Waals surface area contributed by atoms with Gasteiger partial charge in [0.25, 0.3) is 5.91 Å². The number of rotatable bonds is 3. The van der Waals surface area contributed by atoms with Crippen molar-refractivity contribution in [2.24, 2.45) is 0 Å². The summed E-state index contributed by atoms with van der Waals surface area (Å²) in [4.78, 5) is 28.6. The topological polar surface area (TPSA) is 89.2 Å². The molecule has 26 heavy (non-hydrogen) atoms. The van der Waals surface area contributed by atoms with Gasteiger partial charge >= 0.3 is 5.69 Å². The summed E-state index contributed by atoms with van der Waals surface area (Å²) in [5.74, 6) is 0.967. The Morgan fingerprint density at radius 1 is 1.38 bits per heavy atom. The molecule has 0 saturated heterocycles. The van der Waals surface area contributed by atoms with Gasteiger partial charge in [0.05, 0.1) is 21.9 Å². The first-order valence-electron chi connectivity index (χ1n) is 7.67. The quantitative estimate of drug-likeness (QED) is 0.695. The van der Waals surface area contributed by atoms with Crippen LogP contribution in [0.5, 0.6) is 5.88 Å². The van der Waals surface area contributed by atoms with Gasteiger partial charge in [0.15, 0.2) is 0 Å². The van der Waals surface area contributed by atoms with Crippen LogP contribution in [0.1, 0.15) is 16.2 Å². The van der Waals surface area contributed by atoms with E-state index < -0.39 is 0 Å². The van der Waals surface area contributed by atoms with Crippen molar-refractivity contribution in [3.8, 4) is 11.6 Å². The highest BCUT2D eigenvalue weighted by molar-refractivity contribution is 7.98. The number of anilines is 1. The number of carbonyl (C=O) groups excluding carboxylic acids is 1. The first kappa shape index (κ1) is 17.2. The fourth-order valence-electron chi connectivity index (χ4n) is 2.78. The number of aromatic nitrogens is 3. The van der Waals surface area contributed by atoms with Gasteiger partial charge in [-0.2, -0.15) is 11.8 Å². The molecule has 3 aromatic rings. The fraction of sp³-hybridized carbons (Fsp3) is 0.188. The predicted octanol–water partition coefficient (Wildman–Crippen LogP) is 2.95. The molecule has 0 bridgehead atoms. The Morgan fingerprint density at radius 2 is 2.23 bits per heavy atom. The van der Waals surface area contributed by atoms with E-state index in [2.05, 4.69) is 10.3 Å². The Kier molecular flexibility index (Phi) is 4.51. The first-order valence-corrected chi connectivity index (χ1v) is 10.1. The Bertz CT molecular complexity index is 1040. The number of thioether (sulfide) groups is 1. The van der Waals surface area contributed by atoms with Crippen LogP contribution in [0.4, 0.5) is 5.69 Å². The summed E-state index contributed by atoms with van der Waals surface area (Å²) in [6, 6.07) is 4.76. The van der Waals surface area contributed by atoms with E-state index in [9.17, 15) is 14.7 Å². The van der Waals surface area contributed by atoms with Gasteiger partial charge in [0.2, 0.25) is 5.88 Å². The molecular formula is C16H13ClN4O3S2. The summed E-state index contributed by atoms with van der Waals surface area (Å²) in [7, 11) is 0. The predicted molar refractivity (Wildman–Crippen MR) is 103 cm³/mol. The molecule has 1 aliphatic heterocycles. The van der Waals surface area contributed by atoms with Gasteiger partial charge in [-0.05, 0) is 18.2 Å². The maximum Gasteiger partial charge on any atom is 0.336 e. The van der Waals surface area contributed by atoms with Crippen LogP contribution in [0.25, 0.3) is 5.69 Å². The molecule has 2 N–H and O–H groups in total. The number of nitrogens with zero attached hydrogens (tertiary/aromatic N) is 3. The highest BCUT2D eigenvalue weighted by Gasteiger charge is 2.24. The fourth-order valence-corrected chi connectivity index (χ4v) is 4.51. The van der Waals surface area contributed by atoms with Gasteiger partial charge < -0.3 is 10.4 Å². The van der Waals surface area contributed by atoms with Gasteiger partial charge in [0.1, 0.15) is 5.69 Å². The van der Waals surface area contributed by atoms with Crippen molar-refractivity contribution in [1.29, 1.82) is 0 Å². The van der Waals surface area contributed by atoms with Crippen molar-refractivity contribution >= 4 is 46.3 Å². The molecule has 134 valence electrons. The van der Waals surface area contributed by atoms with Crippen molar-refractivity contribution in [2.75, 3.05) is 11.1 Å². The Hall–Kier alpha value is -2.23. The maximum absolute atomic E-state index is 12.6. The zero-order chi connectivity index (χ0) is 18.3. The summed E-state index contributed by atoms with van der Waals surface area (Å²) in [5, 5.41) is 15.1. The van der Waals surface area contributed by atoms with Crippen LogP contribution in [-0.4, -0.2) is 30.9 Å². The van der Waals surface area contributed by atoms with E-state index in [1.54, 1.807) is 45.4 Å². The molecule has 4 rings (SSSR count). The second-order valence-corrected chi connectivity index (χ2v) is 7.82. The molecule has 3 heterocycles. The molecule has 2 aromatic heterocycles. The number of hydrogen-bond donors (Lipinski definition) is 2. The van der Waals surface area contributed by atoms with Crippen LogP contribution >= 0.6 is 34.7 Å². The highest BCUT2D eigenvalue weighted by atomic mass is 35.5. The number of carbonyl (C=O) groups is 1. The molecule has 7 nitrogen and oxygen atoms in total. The molecular weight excluding hydrogens is 396 g/mol. The summed E-state index contributed by atoms with van der Waals surface area (Å²) in [5.41, 5.74) is 3.02. The lowest BCUT2D eigenvalue weighted by atomic mass is 10.2. The van der Waals surface area contributed by atoms with E-state index in [1.165, 1.54) is 15.9 Å². The molecule has 0 fully saturated rings. The van der Waals surface area contributed by atoms with E-state index in [1.807, 2.05) is 0 Å². The van der Waals surface area contributed by atoms with Crippen molar-refractivity contribution in [1.82, 2.24) is 14.1 Å². The Morgan fingerprint density at radius 3 is 2.92 bits per heavy atom. The summed E-state index contributed by atoms with van der Waals surface area (Å²) < 4.78 is 2.77. The standard InChI is InChI=1S/C16H13ClN4O3S2/c17-10-5-9(19-14(22)11-6-26-8-18-11)1-2-12(10)21-15(23)13-7-25-4-3-20(13)16(21)24/h1-2,5-6,8,23H,3-4,7H2,(H,19,22). The van der Waals surface area contributed by atoms with E-state index in [-0.39, 0.29) is 22.5 Å². The zero-order valence-electron chi connectivity index (χ0n) is 13.3. The number of benzene rings is 1. The summed E-state index contributed by atoms with van der Waals surface area (Å²) in [6.07, 6.45) is 0. The van der Waals surface area contributed by atoms with Crippen LogP contribution in [0.15, 0.2) is 33.9 Å².